The van der Waals surface area contributed by atoms with Gasteiger partial charge in [-0.25, -0.2) is 4.39 Å². The Morgan fingerprint density at radius 2 is 2.40 bits per heavy atom. The normalized spacial score (nSPS) is 18.4. The Hall–Kier alpha value is -1.27. The van der Waals surface area contributed by atoms with E-state index in [0.29, 0.717) is 18.2 Å². The summed E-state index contributed by atoms with van der Waals surface area (Å²) >= 11 is 1.96. The number of nitrogens with two attached hydrogens (primary N) is 1. The van der Waals surface area contributed by atoms with Crippen LogP contribution in [-0.4, -0.2) is 41.9 Å². The van der Waals surface area contributed by atoms with Crippen LogP contribution in [0.1, 0.15) is 12.8 Å². The number of nitrogens with zero attached hydrogens (tertiary/aromatic N) is 1. The molecule has 2 rings (SSSR count). The largest absolute Gasteiger partial charge is 0.397 e. The van der Waals surface area contributed by atoms with Crippen molar-refractivity contribution in [2.24, 2.45) is 0 Å². The molecule has 1 unspecified atom stereocenters. The molecule has 4 nitrogen and oxygen atoms in total. The molecule has 1 aliphatic rings. The van der Waals surface area contributed by atoms with E-state index in [1.54, 1.807) is 0 Å². The number of carbonyl (C=O) groups is 1. The zero-order valence-corrected chi connectivity index (χ0v) is 12.4. The van der Waals surface area contributed by atoms with Gasteiger partial charge in [0.15, 0.2) is 0 Å². The van der Waals surface area contributed by atoms with Crippen molar-refractivity contribution in [3.8, 4) is 0 Å². The fraction of sp³-hybridized carbons (Fsp3) is 0.500. The predicted molar refractivity (Wildman–Crippen MR) is 82.4 cm³/mol. The van der Waals surface area contributed by atoms with Crippen LogP contribution in [0.3, 0.4) is 0 Å². The molecule has 0 aliphatic carbocycles. The Morgan fingerprint density at radius 1 is 1.60 bits per heavy atom. The molecule has 0 saturated carbocycles. The Morgan fingerprint density at radius 3 is 3.05 bits per heavy atom. The van der Waals surface area contributed by atoms with Gasteiger partial charge in [0.25, 0.3) is 0 Å². The van der Waals surface area contributed by atoms with E-state index >= 15 is 0 Å². The monoisotopic (exact) mass is 297 g/mol. The highest BCUT2D eigenvalue weighted by Gasteiger charge is 2.20. The summed E-state index contributed by atoms with van der Waals surface area (Å²) in [6.45, 7) is 0.720. The highest BCUT2D eigenvalue weighted by molar-refractivity contribution is 7.99. The highest BCUT2D eigenvalue weighted by Crippen LogP contribution is 2.22. The topological polar surface area (TPSA) is 58.4 Å². The van der Waals surface area contributed by atoms with E-state index in [9.17, 15) is 9.18 Å². The Kier molecular flexibility index (Phi) is 5.25. The van der Waals surface area contributed by atoms with Crippen LogP contribution in [0, 0.1) is 5.82 Å². The number of halogens is 1. The molecule has 1 aliphatic heterocycles. The van der Waals surface area contributed by atoms with Gasteiger partial charge in [-0.3, -0.25) is 4.79 Å². The molecule has 20 heavy (non-hydrogen) atoms. The highest BCUT2D eigenvalue weighted by atomic mass is 32.2. The molecule has 0 radical (unpaired) electrons. The minimum atomic E-state index is -0.404. The summed E-state index contributed by atoms with van der Waals surface area (Å²) in [5.74, 6) is 1.84. The molecule has 1 saturated heterocycles. The van der Waals surface area contributed by atoms with Gasteiger partial charge in [-0.05, 0) is 37.4 Å². The van der Waals surface area contributed by atoms with Gasteiger partial charge in [0.05, 0.1) is 11.4 Å². The van der Waals surface area contributed by atoms with Crippen molar-refractivity contribution in [1.82, 2.24) is 4.90 Å². The minimum absolute atomic E-state index is 0.0965. The number of nitrogen functional groups attached to an aromatic ring is 1. The molecule has 0 spiro atoms. The van der Waals surface area contributed by atoms with Crippen molar-refractivity contribution >= 4 is 29.0 Å². The maximum absolute atomic E-state index is 12.9. The predicted octanol–water partition coefficient (Wildman–Crippen LogP) is 2.17. The number of benzene rings is 1. The van der Waals surface area contributed by atoms with Gasteiger partial charge < -0.3 is 16.0 Å². The Balaban J connectivity index is 1.80. The summed E-state index contributed by atoms with van der Waals surface area (Å²) in [7, 11) is 2.05. The molecule has 110 valence electrons. The maximum Gasteiger partial charge on any atom is 0.225 e. The second-order valence-electron chi connectivity index (χ2n) is 5.03. The SMILES string of the molecule is CN(CCC(=O)Nc1ccc(F)cc1N)C1CCSC1. The van der Waals surface area contributed by atoms with Crippen LogP contribution in [-0.2, 0) is 4.79 Å². The van der Waals surface area contributed by atoms with E-state index in [4.69, 9.17) is 5.73 Å². The molecule has 1 aromatic carbocycles. The lowest BCUT2D eigenvalue weighted by molar-refractivity contribution is -0.116. The number of anilines is 2. The van der Waals surface area contributed by atoms with Gasteiger partial charge in [0, 0.05) is 24.8 Å². The van der Waals surface area contributed by atoms with Crippen LogP contribution in [0.2, 0.25) is 0 Å². The molecular weight excluding hydrogens is 277 g/mol. The molecule has 3 N–H and O–H groups in total. The van der Waals surface area contributed by atoms with Crippen LogP contribution in [0.4, 0.5) is 15.8 Å². The molecule has 1 amide bonds. The summed E-state index contributed by atoms with van der Waals surface area (Å²) in [6, 6.07) is 4.55. The number of carbonyl (C=O) groups excluding carboxylic acids is 1. The second kappa shape index (κ2) is 6.95. The van der Waals surface area contributed by atoms with E-state index in [0.717, 1.165) is 12.3 Å². The molecule has 1 fully saturated rings. The Labute approximate surface area is 122 Å². The molecule has 0 bridgehead atoms. The van der Waals surface area contributed by atoms with Gasteiger partial charge in [-0.2, -0.15) is 11.8 Å². The zero-order chi connectivity index (χ0) is 14.5. The maximum atomic E-state index is 12.9. The van der Waals surface area contributed by atoms with Gasteiger partial charge >= 0.3 is 0 Å². The Bertz CT molecular complexity index is 477. The van der Waals surface area contributed by atoms with Crippen molar-refractivity contribution in [3.05, 3.63) is 24.0 Å². The fourth-order valence-corrected chi connectivity index (χ4v) is 3.49. The van der Waals surface area contributed by atoms with Crippen LogP contribution in [0.25, 0.3) is 0 Å². The fourth-order valence-electron chi connectivity index (χ4n) is 2.19. The van der Waals surface area contributed by atoms with Crippen molar-refractivity contribution in [2.45, 2.75) is 18.9 Å². The third-order valence-corrected chi connectivity index (χ3v) is 4.65. The number of amides is 1. The van der Waals surface area contributed by atoms with Gasteiger partial charge in [-0.1, -0.05) is 0 Å². The molecule has 1 atom stereocenters. The quantitative estimate of drug-likeness (QED) is 0.818. The first kappa shape index (κ1) is 15.1. The summed E-state index contributed by atoms with van der Waals surface area (Å²) in [5, 5.41) is 2.72. The van der Waals surface area contributed by atoms with Crippen LogP contribution in [0.5, 0.6) is 0 Å². The smallest absolute Gasteiger partial charge is 0.225 e. The number of nitrogens with one attached hydrogen (secondary N) is 1. The van der Waals surface area contributed by atoms with E-state index in [1.807, 2.05) is 11.8 Å². The summed E-state index contributed by atoms with van der Waals surface area (Å²) in [4.78, 5) is 14.1. The first-order chi connectivity index (χ1) is 9.56. The first-order valence-electron chi connectivity index (χ1n) is 6.69. The standard InChI is InChI=1S/C14H20FN3OS/c1-18(11-5-7-20-9-11)6-4-14(19)17-13-3-2-10(15)8-12(13)16/h2-3,8,11H,4-7,9,16H2,1H3,(H,17,19). The first-order valence-corrected chi connectivity index (χ1v) is 7.84. The van der Waals surface area contributed by atoms with Crippen LogP contribution in [0.15, 0.2) is 18.2 Å². The molecule has 1 aromatic rings. The third-order valence-electron chi connectivity index (χ3n) is 3.51. The van der Waals surface area contributed by atoms with E-state index in [-0.39, 0.29) is 11.6 Å². The number of hydrogen-bond acceptors (Lipinski definition) is 4. The number of thioether (sulfide) groups is 1. The molecule has 1 heterocycles. The average molecular weight is 297 g/mol. The number of rotatable bonds is 5. The van der Waals surface area contributed by atoms with E-state index in [1.165, 1.54) is 30.4 Å². The molecule has 6 heteroatoms. The van der Waals surface area contributed by atoms with E-state index in [2.05, 4.69) is 17.3 Å². The average Bonchev–Trinajstić information content (AvgIpc) is 2.93. The lowest BCUT2D eigenvalue weighted by Gasteiger charge is -2.23. The van der Waals surface area contributed by atoms with Gasteiger partial charge in [0.1, 0.15) is 5.82 Å². The van der Waals surface area contributed by atoms with Crippen molar-refractivity contribution in [1.29, 1.82) is 0 Å². The third kappa shape index (κ3) is 4.11. The second-order valence-corrected chi connectivity index (χ2v) is 6.18. The summed E-state index contributed by atoms with van der Waals surface area (Å²) in [5.41, 5.74) is 6.37. The van der Waals surface area contributed by atoms with Gasteiger partial charge in [0.2, 0.25) is 5.91 Å². The lowest BCUT2D eigenvalue weighted by Crippen LogP contribution is -2.34. The zero-order valence-electron chi connectivity index (χ0n) is 11.6. The molecule has 0 aromatic heterocycles. The van der Waals surface area contributed by atoms with E-state index < -0.39 is 5.82 Å². The van der Waals surface area contributed by atoms with Crippen molar-refractivity contribution in [2.75, 3.05) is 36.1 Å². The van der Waals surface area contributed by atoms with Crippen molar-refractivity contribution in [3.63, 3.8) is 0 Å². The van der Waals surface area contributed by atoms with Crippen LogP contribution < -0.4 is 11.1 Å². The van der Waals surface area contributed by atoms with Crippen molar-refractivity contribution < 1.29 is 9.18 Å². The summed E-state index contributed by atoms with van der Waals surface area (Å²) < 4.78 is 12.9. The minimum Gasteiger partial charge on any atom is -0.397 e. The lowest BCUT2D eigenvalue weighted by atomic mass is 10.2. The van der Waals surface area contributed by atoms with Crippen LogP contribution >= 0.6 is 11.8 Å². The summed E-state index contributed by atoms with van der Waals surface area (Å²) in [6.07, 6.45) is 1.60. The number of hydrogen-bond donors (Lipinski definition) is 2. The molecular formula is C14H20FN3OS. The van der Waals surface area contributed by atoms with Gasteiger partial charge in [-0.15, -0.1) is 0 Å².